The average Bonchev–Trinajstić information content (AvgIpc) is 2.97. The Balaban J connectivity index is 1.64. The van der Waals surface area contributed by atoms with Crippen LogP contribution >= 0.6 is 0 Å². The second-order valence-corrected chi connectivity index (χ2v) is 9.66. The number of nitrogens with one attached hydrogen (secondary N) is 4. The molecular weight excluding hydrogens is 524 g/mol. The predicted molar refractivity (Wildman–Crippen MR) is 160 cm³/mol. The number of carbonyl (C=O) groups is 4. The highest BCUT2D eigenvalue weighted by Crippen LogP contribution is 2.18. The highest BCUT2D eigenvalue weighted by molar-refractivity contribution is 6.04. The summed E-state index contributed by atoms with van der Waals surface area (Å²) in [5, 5.41) is 11.4. The highest BCUT2D eigenvalue weighted by atomic mass is 16.5. The maximum Gasteiger partial charge on any atom is 0.253 e. The molecule has 2 aromatic carbocycles. The monoisotopic (exact) mass is 568 g/mol. The number of benzene rings is 2. The number of rotatable bonds is 20. The number of para-hydroxylation sites is 2. The summed E-state index contributed by atoms with van der Waals surface area (Å²) in [6.45, 7) is 2.13. The number of unbranched alkanes of at least 4 members (excludes halogenated alkanes) is 4. The first kappa shape index (κ1) is 33.4. The summed E-state index contributed by atoms with van der Waals surface area (Å²) in [6.07, 6.45) is 6.21. The van der Waals surface area contributed by atoms with Gasteiger partial charge in [-0.1, -0.05) is 43.5 Å². The third-order valence-electron chi connectivity index (χ3n) is 6.32. The molecule has 0 radical (unpaired) electrons. The van der Waals surface area contributed by atoms with E-state index in [-0.39, 0.29) is 23.6 Å². The summed E-state index contributed by atoms with van der Waals surface area (Å²) in [7, 11) is 3.23. The number of hydrogen-bond acceptors (Lipinski definition) is 6. The quantitative estimate of drug-likeness (QED) is 0.173. The van der Waals surface area contributed by atoms with Gasteiger partial charge in [-0.15, -0.1) is 0 Å². The number of anilines is 2. The van der Waals surface area contributed by atoms with Gasteiger partial charge in [-0.25, -0.2) is 0 Å². The van der Waals surface area contributed by atoms with Crippen molar-refractivity contribution in [2.45, 2.75) is 57.8 Å². The Bertz CT molecular complexity index is 1020. The fourth-order valence-corrected chi connectivity index (χ4v) is 4.13. The number of ether oxygens (including phenoxy) is 2. The molecule has 0 bridgehead atoms. The maximum atomic E-state index is 12.5. The standard InChI is InChI=1S/C31H44N4O6/c1-40-22-12-20-32-30(38)24-14-8-10-16-26(24)34-28(36)18-6-4-3-5-7-19-29(37)35-27-17-11-9-15-25(27)31(39)33-21-13-23-41-2/h8-11,14-17H,3-7,12-13,18-23H2,1-2H3,(H,32,38)(H,33,39)(H,34,36)(H,35,37). The fourth-order valence-electron chi connectivity index (χ4n) is 4.13. The van der Waals surface area contributed by atoms with Crippen LogP contribution < -0.4 is 21.3 Å². The van der Waals surface area contributed by atoms with E-state index in [1.54, 1.807) is 62.8 Å². The van der Waals surface area contributed by atoms with E-state index in [2.05, 4.69) is 21.3 Å². The molecular formula is C31H44N4O6. The molecule has 0 heterocycles. The zero-order chi connectivity index (χ0) is 29.7. The number of carbonyl (C=O) groups excluding carboxylic acids is 4. The van der Waals surface area contributed by atoms with Gasteiger partial charge in [0.25, 0.3) is 11.8 Å². The van der Waals surface area contributed by atoms with E-state index in [1.165, 1.54) is 0 Å². The van der Waals surface area contributed by atoms with Gasteiger partial charge in [0.1, 0.15) is 0 Å². The largest absolute Gasteiger partial charge is 0.385 e. The first-order valence-corrected chi connectivity index (χ1v) is 14.3. The lowest BCUT2D eigenvalue weighted by Crippen LogP contribution is -2.26. The van der Waals surface area contributed by atoms with Crippen molar-refractivity contribution in [2.24, 2.45) is 0 Å². The van der Waals surface area contributed by atoms with Crippen molar-refractivity contribution in [3.63, 3.8) is 0 Å². The summed E-state index contributed by atoms with van der Waals surface area (Å²) in [4.78, 5) is 49.9. The molecule has 0 atom stereocenters. The van der Waals surface area contributed by atoms with Gasteiger partial charge in [-0.2, -0.15) is 0 Å². The van der Waals surface area contributed by atoms with Crippen molar-refractivity contribution >= 4 is 35.0 Å². The SMILES string of the molecule is COCCCNC(=O)c1ccccc1NC(=O)CCCCCCCC(=O)Nc1ccccc1C(=O)NCCCOC. The lowest BCUT2D eigenvalue weighted by molar-refractivity contribution is -0.117. The minimum absolute atomic E-state index is 0.134. The van der Waals surface area contributed by atoms with Gasteiger partial charge >= 0.3 is 0 Å². The molecule has 10 heteroatoms. The molecule has 0 aliphatic heterocycles. The lowest BCUT2D eigenvalue weighted by atomic mass is 10.1. The summed E-state index contributed by atoms with van der Waals surface area (Å²) in [5.74, 6) is -0.729. The van der Waals surface area contributed by atoms with Gasteiger partial charge in [-0.05, 0) is 49.9 Å². The minimum atomic E-state index is -0.231. The van der Waals surface area contributed by atoms with Crippen LogP contribution in [0.2, 0.25) is 0 Å². The van der Waals surface area contributed by atoms with E-state index < -0.39 is 0 Å². The van der Waals surface area contributed by atoms with Crippen molar-refractivity contribution < 1.29 is 28.7 Å². The van der Waals surface area contributed by atoms with Crippen molar-refractivity contribution in [1.29, 1.82) is 0 Å². The molecule has 0 saturated heterocycles. The Kier molecular flexibility index (Phi) is 16.5. The van der Waals surface area contributed by atoms with Crippen LogP contribution in [0, 0.1) is 0 Å². The summed E-state index contributed by atoms with van der Waals surface area (Å²) < 4.78 is 9.98. The van der Waals surface area contributed by atoms with Gasteiger partial charge in [0.15, 0.2) is 0 Å². The average molecular weight is 569 g/mol. The van der Waals surface area contributed by atoms with Gasteiger partial charge in [0, 0.05) is 53.4 Å². The van der Waals surface area contributed by atoms with Crippen molar-refractivity contribution in [1.82, 2.24) is 10.6 Å². The zero-order valence-electron chi connectivity index (χ0n) is 24.3. The smallest absolute Gasteiger partial charge is 0.253 e. The van der Waals surface area contributed by atoms with E-state index in [1.807, 2.05) is 0 Å². The summed E-state index contributed by atoms with van der Waals surface area (Å²) in [5.41, 5.74) is 1.86. The zero-order valence-corrected chi connectivity index (χ0v) is 24.3. The van der Waals surface area contributed by atoms with Crippen LogP contribution in [-0.2, 0) is 19.1 Å². The third-order valence-corrected chi connectivity index (χ3v) is 6.32. The van der Waals surface area contributed by atoms with Crippen molar-refractivity contribution in [2.75, 3.05) is 51.2 Å². The topological polar surface area (TPSA) is 135 Å². The van der Waals surface area contributed by atoms with Crippen molar-refractivity contribution in [3.8, 4) is 0 Å². The molecule has 0 saturated carbocycles. The van der Waals surface area contributed by atoms with Crippen LogP contribution in [0.3, 0.4) is 0 Å². The van der Waals surface area contributed by atoms with Gasteiger partial charge in [0.2, 0.25) is 11.8 Å². The Morgan fingerprint density at radius 1 is 0.561 bits per heavy atom. The highest BCUT2D eigenvalue weighted by Gasteiger charge is 2.14. The van der Waals surface area contributed by atoms with Crippen LogP contribution in [0.5, 0.6) is 0 Å². The van der Waals surface area contributed by atoms with E-state index in [4.69, 9.17) is 9.47 Å². The molecule has 4 N–H and O–H groups in total. The van der Waals surface area contributed by atoms with Crippen molar-refractivity contribution in [3.05, 3.63) is 59.7 Å². The van der Waals surface area contributed by atoms with E-state index >= 15 is 0 Å². The minimum Gasteiger partial charge on any atom is -0.385 e. The van der Waals surface area contributed by atoms with E-state index in [0.29, 0.717) is 74.5 Å². The van der Waals surface area contributed by atoms with Crippen LogP contribution in [0.1, 0.15) is 78.5 Å². The van der Waals surface area contributed by atoms with Gasteiger partial charge < -0.3 is 30.7 Å². The van der Waals surface area contributed by atoms with Gasteiger partial charge in [0.05, 0.1) is 22.5 Å². The fraction of sp³-hybridized carbons (Fsp3) is 0.484. The Labute approximate surface area is 242 Å². The normalized spacial score (nSPS) is 10.6. The summed E-state index contributed by atoms with van der Waals surface area (Å²) in [6, 6.07) is 13.9. The lowest BCUT2D eigenvalue weighted by Gasteiger charge is -2.12. The molecule has 0 aliphatic rings. The molecule has 2 aromatic rings. The number of methoxy groups -OCH3 is 2. The molecule has 224 valence electrons. The third kappa shape index (κ3) is 13.4. The molecule has 0 aliphatic carbocycles. The molecule has 0 spiro atoms. The molecule has 0 unspecified atom stereocenters. The predicted octanol–water partition coefficient (Wildman–Crippen LogP) is 4.53. The molecule has 41 heavy (non-hydrogen) atoms. The Morgan fingerprint density at radius 2 is 0.951 bits per heavy atom. The molecule has 0 aromatic heterocycles. The van der Waals surface area contributed by atoms with Crippen LogP contribution in [0.4, 0.5) is 11.4 Å². The number of amides is 4. The molecule has 4 amide bonds. The second-order valence-electron chi connectivity index (χ2n) is 9.66. The first-order chi connectivity index (χ1) is 20.0. The number of hydrogen-bond donors (Lipinski definition) is 4. The van der Waals surface area contributed by atoms with E-state index in [0.717, 1.165) is 32.1 Å². The molecule has 0 fully saturated rings. The van der Waals surface area contributed by atoms with Crippen LogP contribution in [0.15, 0.2) is 48.5 Å². The first-order valence-electron chi connectivity index (χ1n) is 14.3. The Hall–Kier alpha value is -3.76. The Morgan fingerprint density at radius 3 is 1.37 bits per heavy atom. The van der Waals surface area contributed by atoms with Crippen LogP contribution in [-0.4, -0.2) is 64.2 Å². The van der Waals surface area contributed by atoms with Crippen LogP contribution in [0.25, 0.3) is 0 Å². The maximum absolute atomic E-state index is 12.5. The second kappa shape index (κ2) is 20.2. The van der Waals surface area contributed by atoms with E-state index in [9.17, 15) is 19.2 Å². The molecule has 2 rings (SSSR count). The molecule has 10 nitrogen and oxygen atoms in total. The summed E-state index contributed by atoms with van der Waals surface area (Å²) >= 11 is 0. The van der Waals surface area contributed by atoms with Gasteiger partial charge in [-0.3, -0.25) is 19.2 Å².